The van der Waals surface area contributed by atoms with E-state index in [0.29, 0.717) is 48.3 Å². The molecule has 3 fully saturated rings. The highest BCUT2D eigenvalue weighted by Crippen LogP contribution is 2.57. The topological polar surface area (TPSA) is 121 Å². The Morgan fingerprint density at radius 1 is 1.18 bits per heavy atom. The second-order valence-electron chi connectivity index (χ2n) is 12.8. The van der Waals surface area contributed by atoms with Crippen molar-refractivity contribution in [3.05, 3.63) is 27.2 Å². The second-order valence-corrected chi connectivity index (χ2v) is 13.7. The van der Waals surface area contributed by atoms with Gasteiger partial charge in [0, 0.05) is 49.6 Å². The monoisotopic (exact) mass is 569 g/mol. The van der Waals surface area contributed by atoms with Crippen molar-refractivity contribution in [2.45, 2.75) is 65.0 Å². The SMILES string of the molecule is CNC(=O)[C@H]1NC(=O)[C@H]2CN(C(=O)c3scnc3C)CC23CN(C3)C(=O)C2=C([C@H]1OCC1CCCCC1)C2(C)C. The number of likely N-dealkylation sites (tertiary alicyclic amines) is 1. The van der Waals surface area contributed by atoms with Crippen molar-refractivity contribution in [3.8, 4) is 0 Å². The molecule has 0 radical (unpaired) electrons. The standard InChI is InChI=1S/C29H39N5O5S/c1-16-23(40-15-31-16)27(38)33-10-18-24(35)32-21(25(36)30-4)22(39-11-17-8-6-5-7-9-17)19-20(28(19,2)3)26(37)34-13-29(18,12-33)14-34/h15,17-18,21-22H,5-14H2,1-4H3,(H,30,36)(H,32,35)/t18-,21+,22-/m1/s1. The zero-order chi connectivity index (χ0) is 28.4. The molecule has 10 nitrogen and oxygen atoms in total. The van der Waals surface area contributed by atoms with E-state index in [1.54, 1.807) is 29.3 Å². The summed E-state index contributed by atoms with van der Waals surface area (Å²) >= 11 is 1.30. The molecule has 4 amide bonds. The molecule has 216 valence electrons. The summed E-state index contributed by atoms with van der Waals surface area (Å²) in [5.41, 5.74) is 2.75. The van der Waals surface area contributed by atoms with Gasteiger partial charge in [-0.05, 0) is 31.3 Å². The number of hydrogen-bond donors (Lipinski definition) is 2. The van der Waals surface area contributed by atoms with Gasteiger partial charge < -0.3 is 25.2 Å². The van der Waals surface area contributed by atoms with Gasteiger partial charge in [-0.15, -0.1) is 11.3 Å². The van der Waals surface area contributed by atoms with Crippen LogP contribution in [0.4, 0.5) is 0 Å². The number of carbonyl (C=O) groups is 4. The summed E-state index contributed by atoms with van der Waals surface area (Å²) in [6.07, 6.45) is 5.00. The van der Waals surface area contributed by atoms with Gasteiger partial charge in [-0.25, -0.2) is 4.98 Å². The molecule has 0 unspecified atom stereocenters. The van der Waals surface area contributed by atoms with Crippen LogP contribution in [0.1, 0.15) is 61.3 Å². The van der Waals surface area contributed by atoms with E-state index in [-0.39, 0.29) is 30.2 Å². The Balaban J connectivity index is 1.32. The summed E-state index contributed by atoms with van der Waals surface area (Å²) in [7, 11) is 1.55. The first-order chi connectivity index (χ1) is 19.1. The highest BCUT2D eigenvalue weighted by molar-refractivity contribution is 7.11. The summed E-state index contributed by atoms with van der Waals surface area (Å²) in [6.45, 7) is 7.70. The molecule has 1 spiro atoms. The number of hydrogen-bond acceptors (Lipinski definition) is 7. The van der Waals surface area contributed by atoms with Crippen LogP contribution in [-0.2, 0) is 19.1 Å². The van der Waals surface area contributed by atoms with Gasteiger partial charge in [-0.2, -0.15) is 0 Å². The number of likely N-dealkylation sites (N-methyl/N-ethyl adjacent to an activating group) is 1. The molecule has 2 bridgehead atoms. The van der Waals surface area contributed by atoms with Gasteiger partial charge in [0.15, 0.2) is 0 Å². The molecule has 2 saturated heterocycles. The van der Waals surface area contributed by atoms with Gasteiger partial charge in [0.05, 0.1) is 23.7 Å². The van der Waals surface area contributed by atoms with Crippen molar-refractivity contribution in [1.29, 1.82) is 0 Å². The van der Waals surface area contributed by atoms with Crippen molar-refractivity contribution < 1.29 is 23.9 Å². The number of nitrogens with zero attached hydrogens (tertiary/aromatic N) is 3. The Bertz CT molecular complexity index is 1280. The van der Waals surface area contributed by atoms with Crippen LogP contribution in [0.15, 0.2) is 16.7 Å². The quantitative estimate of drug-likeness (QED) is 0.559. The van der Waals surface area contributed by atoms with Crippen molar-refractivity contribution in [3.63, 3.8) is 0 Å². The van der Waals surface area contributed by atoms with Crippen LogP contribution in [0.2, 0.25) is 0 Å². The summed E-state index contributed by atoms with van der Waals surface area (Å²) in [5, 5.41) is 5.76. The zero-order valence-corrected chi connectivity index (χ0v) is 24.6. The van der Waals surface area contributed by atoms with Crippen LogP contribution in [0.5, 0.6) is 0 Å². The minimum atomic E-state index is -0.975. The van der Waals surface area contributed by atoms with Gasteiger partial charge in [-0.1, -0.05) is 33.1 Å². The summed E-state index contributed by atoms with van der Waals surface area (Å²) < 4.78 is 6.52. The third-order valence-corrected chi connectivity index (χ3v) is 10.8. The molecule has 5 heterocycles. The molecule has 1 aromatic rings. The molecule has 4 aliphatic heterocycles. The highest BCUT2D eigenvalue weighted by Gasteiger charge is 2.64. The average Bonchev–Trinajstić information content (AvgIpc) is 3.23. The number of aryl methyl sites for hydroxylation is 1. The fraction of sp³-hybridized carbons (Fsp3) is 0.690. The summed E-state index contributed by atoms with van der Waals surface area (Å²) in [6, 6.07) is -0.975. The number of carbonyl (C=O) groups excluding carboxylic acids is 4. The fourth-order valence-corrected chi connectivity index (χ4v) is 8.25. The maximum Gasteiger partial charge on any atom is 0.265 e. The third kappa shape index (κ3) is 4.36. The molecule has 2 N–H and O–H groups in total. The first-order valence-electron chi connectivity index (χ1n) is 14.4. The minimum absolute atomic E-state index is 0.0521. The second kappa shape index (κ2) is 9.94. The van der Waals surface area contributed by atoms with Crippen LogP contribution in [-0.4, -0.2) is 90.4 Å². The molecule has 3 atom stereocenters. The third-order valence-electron chi connectivity index (χ3n) is 9.86. The number of thiazole rings is 1. The first-order valence-corrected chi connectivity index (χ1v) is 15.3. The molecular formula is C29H39N5O5S. The molecule has 6 aliphatic rings. The van der Waals surface area contributed by atoms with Crippen LogP contribution >= 0.6 is 11.3 Å². The molecular weight excluding hydrogens is 530 g/mol. The van der Waals surface area contributed by atoms with E-state index in [9.17, 15) is 19.2 Å². The lowest BCUT2D eigenvalue weighted by atomic mass is 9.70. The lowest BCUT2D eigenvalue weighted by molar-refractivity contribution is -0.147. The number of rotatable bonds is 5. The molecule has 1 saturated carbocycles. The van der Waals surface area contributed by atoms with Gasteiger partial charge in [-0.3, -0.25) is 19.2 Å². The predicted octanol–water partition coefficient (Wildman–Crippen LogP) is 1.90. The lowest BCUT2D eigenvalue weighted by Crippen LogP contribution is -2.65. The Hall–Kier alpha value is -2.79. The van der Waals surface area contributed by atoms with E-state index in [0.717, 1.165) is 18.4 Å². The molecule has 2 aliphatic carbocycles. The van der Waals surface area contributed by atoms with E-state index in [1.807, 2.05) is 13.8 Å². The molecule has 40 heavy (non-hydrogen) atoms. The van der Waals surface area contributed by atoms with Crippen molar-refractivity contribution in [2.75, 3.05) is 39.8 Å². The minimum Gasteiger partial charge on any atom is -0.371 e. The zero-order valence-electron chi connectivity index (χ0n) is 23.7. The molecule has 11 heteroatoms. The van der Waals surface area contributed by atoms with Crippen molar-refractivity contribution in [2.24, 2.45) is 22.7 Å². The fourth-order valence-electron chi connectivity index (χ4n) is 7.48. The maximum absolute atomic E-state index is 14.0. The van der Waals surface area contributed by atoms with Crippen molar-refractivity contribution >= 4 is 35.0 Å². The van der Waals surface area contributed by atoms with E-state index >= 15 is 0 Å². The number of amides is 4. The van der Waals surface area contributed by atoms with Crippen LogP contribution in [0.3, 0.4) is 0 Å². The van der Waals surface area contributed by atoms with Crippen molar-refractivity contribution in [1.82, 2.24) is 25.4 Å². The van der Waals surface area contributed by atoms with Gasteiger partial charge >= 0.3 is 0 Å². The summed E-state index contributed by atoms with van der Waals surface area (Å²) in [4.78, 5) is 62.9. The largest absolute Gasteiger partial charge is 0.371 e. The van der Waals surface area contributed by atoms with Gasteiger partial charge in [0.2, 0.25) is 11.8 Å². The maximum atomic E-state index is 14.0. The van der Waals surface area contributed by atoms with E-state index in [2.05, 4.69) is 15.6 Å². The Morgan fingerprint density at radius 2 is 1.90 bits per heavy atom. The smallest absolute Gasteiger partial charge is 0.265 e. The molecule has 7 rings (SSSR count). The summed E-state index contributed by atoms with van der Waals surface area (Å²) in [5.74, 6) is -0.960. The van der Waals surface area contributed by atoms with Crippen LogP contribution < -0.4 is 10.6 Å². The van der Waals surface area contributed by atoms with E-state index < -0.39 is 28.9 Å². The first kappa shape index (κ1) is 27.4. The Labute approximate surface area is 238 Å². The van der Waals surface area contributed by atoms with Gasteiger partial charge in [0.25, 0.3) is 11.8 Å². The van der Waals surface area contributed by atoms with Gasteiger partial charge in [0.1, 0.15) is 17.0 Å². The number of aromatic nitrogens is 1. The van der Waals surface area contributed by atoms with Crippen LogP contribution in [0, 0.1) is 29.6 Å². The van der Waals surface area contributed by atoms with Crippen LogP contribution in [0.25, 0.3) is 0 Å². The number of fused-ring (bicyclic) bond motifs is 3. The predicted molar refractivity (Wildman–Crippen MR) is 148 cm³/mol. The molecule has 1 aromatic heterocycles. The molecule has 0 aromatic carbocycles. The Morgan fingerprint density at radius 3 is 2.55 bits per heavy atom. The van der Waals surface area contributed by atoms with E-state index in [4.69, 9.17) is 4.74 Å². The normalized spacial score (nSPS) is 31.6. The highest BCUT2D eigenvalue weighted by atomic mass is 32.1. The number of nitrogens with one attached hydrogen (secondary N) is 2. The average molecular weight is 570 g/mol. The van der Waals surface area contributed by atoms with E-state index in [1.165, 1.54) is 30.6 Å². The number of ether oxygens (including phenoxy) is 1. The lowest BCUT2D eigenvalue weighted by Gasteiger charge is -2.50. The Kier molecular flexibility index (Phi) is 6.80.